The third-order valence-corrected chi connectivity index (χ3v) is 10.8. The van der Waals surface area contributed by atoms with Crippen LogP contribution < -0.4 is 13.9 Å². The molecule has 5 rings (SSSR count). The molecule has 11 heteroatoms. The van der Waals surface area contributed by atoms with Crippen LogP contribution in [0.15, 0.2) is 63.3 Å². The van der Waals surface area contributed by atoms with Gasteiger partial charge in [0.25, 0.3) is 0 Å². The molecule has 0 unspecified atom stereocenters. The van der Waals surface area contributed by atoms with Gasteiger partial charge in [-0.05, 0) is 0 Å². The van der Waals surface area contributed by atoms with Gasteiger partial charge in [0.15, 0.2) is 0 Å². The monoisotopic (exact) mass is 632 g/mol. The molecular weight excluding hydrogens is 603 g/mol. The van der Waals surface area contributed by atoms with E-state index < -0.39 is 21.8 Å². The average molecular weight is 632 g/mol. The molecule has 8 nitrogen and oxygen atoms in total. The Hall–Kier alpha value is -2.95. The molecule has 0 spiro atoms. The number of hydrogen-bond acceptors (Lipinski definition) is 7. The number of aliphatic carboxylic acids is 1. The van der Waals surface area contributed by atoms with E-state index >= 15 is 0 Å². The summed E-state index contributed by atoms with van der Waals surface area (Å²) in [6.07, 6.45) is 6.94. The first kappa shape index (κ1) is 27.6. The van der Waals surface area contributed by atoms with Crippen LogP contribution in [0.1, 0.15) is 36.8 Å². The first-order chi connectivity index (χ1) is 18.6. The van der Waals surface area contributed by atoms with Crippen LogP contribution in [0.4, 0.5) is 5.69 Å². The molecule has 4 aromatic rings. The maximum atomic E-state index is 11.4. The van der Waals surface area contributed by atoms with E-state index in [-0.39, 0.29) is 27.8 Å². The number of fused-ring (bicyclic) bond motifs is 4. The van der Waals surface area contributed by atoms with Gasteiger partial charge in [0.1, 0.15) is 0 Å². The standard InChI is InChI=1S/C28H28N2O6S2Se/c1-3-19(17-26-29(12-9-27(31)32)21-15-18(2)5-8-24(21)39-26)16-25-30(11-4-14-38(33,34)35)28-20-10-13-36-22(20)6-7-23(28)37-25/h5-8,10,13,15-17H,3-4,9,11-12,14H2,1-2H3,(H-,31,32,33,34,35). The van der Waals surface area contributed by atoms with Crippen molar-refractivity contribution in [2.75, 3.05) is 17.2 Å². The van der Waals surface area contributed by atoms with Crippen molar-refractivity contribution in [1.82, 2.24) is 0 Å². The number of rotatable bonds is 10. The number of nitrogens with zero attached hydrogens (tertiary/aromatic N) is 2. The number of furan rings is 1. The first-order valence-corrected chi connectivity index (χ1v) is 16.7. The number of carbonyl (C=O) groups is 1. The van der Waals surface area contributed by atoms with Crippen molar-refractivity contribution in [3.8, 4) is 0 Å². The van der Waals surface area contributed by atoms with Gasteiger partial charge < -0.3 is 0 Å². The quantitative estimate of drug-likeness (QED) is 0.159. The first-order valence-electron chi connectivity index (χ1n) is 12.6. The minimum atomic E-state index is -4.31. The average Bonchev–Trinajstić information content (AvgIpc) is 3.56. The van der Waals surface area contributed by atoms with E-state index in [9.17, 15) is 22.9 Å². The number of hydrogen-bond donors (Lipinski definition) is 1. The minimum absolute atomic E-state index is 0.0391. The van der Waals surface area contributed by atoms with Gasteiger partial charge in [-0.2, -0.15) is 0 Å². The molecule has 0 amide bonds. The predicted molar refractivity (Wildman–Crippen MR) is 153 cm³/mol. The Kier molecular flexibility index (Phi) is 7.98. The van der Waals surface area contributed by atoms with Crippen LogP contribution >= 0.6 is 11.3 Å². The molecule has 0 bridgehead atoms. The number of thiazole rings is 1. The fourth-order valence-corrected chi connectivity index (χ4v) is 8.76. The van der Waals surface area contributed by atoms with Crippen molar-refractivity contribution in [3.63, 3.8) is 0 Å². The van der Waals surface area contributed by atoms with E-state index in [4.69, 9.17) is 4.42 Å². The van der Waals surface area contributed by atoms with Crippen molar-refractivity contribution in [3.05, 3.63) is 69.5 Å². The molecule has 39 heavy (non-hydrogen) atoms. The molecule has 0 atom stereocenters. The third-order valence-electron chi connectivity index (χ3n) is 6.56. The van der Waals surface area contributed by atoms with E-state index in [1.165, 1.54) is 4.46 Å². The summed E-state index contributed by atoms with van der Waals surface area (Å²) < 4.78 is 45.0. The molecule has 2 aromatic carbocycles. The summed E-state index contributed by atoms with van der Waals surface area (Å²) in [6.45, 7) is 4.91. The summed E-state index contributed by atoms with van der Waals surface area (Å²) in [4.78, 5) is 13.5. The van der Waals surface area contributed by atoms with Crippen LogP contribution in [-0.4, -0.2) is 51.3 Å². The molecule has 0 fully saturated rings. The number of aromatic nitrogens is 1. The van der Waals surface area contributed by atoms with Crippen LogP contribution in [0.2, 0.25) is 0 Å². The van der Waals surface area contributed by atoms with Crippen molar-refractivity contribution in [2.24, 2.45) is 0 Å². The normalized spacial score (nSPS) is 15.1. The Morgan fingerprint density at radius 1 is 1.26 bits per heavy atom. The number of benzene rings is 2. The van der Waals surface area contributed by atoms with Gasteiger partial charge in [0, 0.05) is 0 Å². The fraction of sp³-hybridized carbons (Fsp3) is 0.286. The summed E-state index contributed by atoms with van der Waals surface area (Å²) in [5.74, 6) is -1.25. The molecule has 2 aromatic heterocycles. The van der Waals surface area contributed by atoms with Crippen molar-refractivity contribution in [2.45, 2.75) is 39.7 Å². The van der Waals surface area contributed by atoms with E-state index in [1.807, 2.05) is 25.1 Å². The van der Waals surface area contributed by atoms with Gasteiger partial charge >= 0.3 is 238 Å². The molecule has 1 aliphatic rings. The van der Waals surface area contributed by atoms with E-state index in [1.54, 1.807) is 17.6 Å². The second-order valence-electron chi connectivity index (χ2n) is 9.38. The van der Waals surface area contributed by atoms with E-state index in [2.05, 4.69) is 46.7 Å². The van der Waals surface area contributed by atoms with E-state index in [0.29, 0.717) is 13.1 Å². The topological polar surface area (TPSA) is 115 Å². The Morgan fingerprint density at radius 3 is 2.82 bits per heavy atom. The summed E-state index contributed by atoms with van der Waals surface area (Å²) in [7, 11) is -4.31. The number of aryl methyl sites for hydroxylation is 2. The molecule has 1 aliphatic heterocycles. The number of carboxylic acids is 1. The van der Waals surface area contributed by atoms with Gasteiger partial charge in [-0.25, -0.2) is 0 Å². The summed E-state index contributed by atoms with van der Waals surface area (Å²) >= 11 is 1.65. The Labute approximate surface area is 237 Å². The van der Waals surface area contributed by atoms with Gasteiger partial charge in [-0.3, -0.25) is 0 Å². The van der Waals surface area contributed by atoms with Gasteiger partial charge in [0.05, 0.1) is 0 Å². The number of allylic oxidation sites excluding steroid dienone is 2. The zero-order chi connectivity index (χ0) is 27.7. The fourth-order valence-electron chi connectivity index (χ4n) is 4.70. The summed E-state index contributed by atoms with van der Waals surface area (Å²) in [6, 6.07) is 12.2. The van der Waals surface area contributed by atoms with Crippen molar-refractivity contribution < 1.29 is 31.9 Å². The number of anilines is 1. The van der Waals surface area contributed by atoms with Gasteiger partial charge in [0.2, 0.25) is 0 Å². The molecule has 1 N–H and O–H groups in total. The number of carboxylic acid groups (broad SMARTS) is 1. The Balaban J connectivity index is 1.57. The van der Waals surface area contributed by atoms with Crippen LogP contribution in [-0.2, 0) is 21.5 Å². The second kappa shape index (κ2) is 11.3. The summed E-state index contributed by atoms with van der Waals surface area (Å²) in [5.41, 5.74) is 5.00. The van der Waals surface area contributed by atoms with Crippen molar-refractivity contribution >= 4 is 79.8 Å². The molecule has 0 aliphatic carbocycles. The van der Waals surface area contributed by atoms with Crippen molar-refractivity contribution in [1.29, 1.82) is 0 Å². The third kappa shape index (κ3) is 6.13. The molecule has 204 valence electrons. The zero-order valence-electron chi connectivity index (χ0n) is 21.5. The van der Waals surface area contributed by atoms with E-state index in [0.717, 1.165) is 54.0 Å². The van der Waals surface area contributed by atoms with Gasteiger partial charge in [-0.15, -0.1) is 0 Å². The molecule has 0 saturated carbocycles. The Bertz CT molecular complexity index is 1740. The zero-order valence-corrected chi connectivity index (χ0v) is 24.9. The molecule has 3 heterocycles. The molecule has 0 radical (unpaired) electrons. The van der Waals surface area contributed by atoms with Gasteiger partial charge in [-0.1, -0.05) is 0 Å². The van der Waals surface area contributed by atoms with Crippen LogP contribution in [0.25, 0.3) is 27.3 Å². The summed E-state index contributed by atoms with van der Waals surface area (Å²) in [5, 5.41) is 11.2. The molecule has 0 saturated heterocycles. The van der Waals surface area contributed by atoms with Crippen LogP contribution in [0.5, 0.6) is 0 Å². The predicted octanol–water partition coefficient (Wildman–Crippen LogP) is 4.14. The molecular formula is C28H28N2O6S2Se. The Morgan fingerprint density at radius 2 is 2.08 bits per heavy atom. The maximum absolute atomic E-state index is 11.4. The SMILES string of the molecule is CCC(/C=C1\[Se]c2ccc(C)cc2N1CCC(=O)O)=C\c1sc2ccc3occc3c2[n+]1CCCS(=O)(=O)[O-]. The second-order valence-corrected chi connectivity index (χ2v) is 14.2. The van der Waals surface area contributed by atoms with Crippen LogP contribution in [0, 0.1) is 6.92 Å². The van der Waals surface area contributed by atoms with Crippen LogP contribution in [0.3, 0.4) is 0 Å².